The van der Waals surface area contributed by atoms with Crippen molar-refractivity contribution in [1.29, 1.82) is 0 Å². The monoisotopic (exact) mass is 251 g/mol. The normalized spacial score (nSPS) is 12.2. The molecule has 0 aromatic heterocycles. The fourth-order valence-corrected chi connectivity index (χ4v) is 2.36. The van der Waals surface area contributed by atoms with Crippen LogP contribution in [0.5, 0.6) is 0 Å². The number of nitrogens with one attached hydrogen (secondary N) is 1. The standard InChI is InChI=1S/C14H21NOS/c1-4-12(3)15-14(16)10-17-9-13-8-6-5-7-11(13)2/h5-8,12H,4,9-10H2,1-3H3,(H,15,16)/t12-/m1/s1. The van der Waals surface area contributed by atoms with Crippen LogP contribution in [0, 0.1) is 6.92 Å². The quantitative estimate of drug-likeness (QED) is 0.841. The Bertz CT molecular complexity index is 365. The number of carbonyl (C=O) groups is 1. The Morgan fingerprint density at radius 3 is 2.76 bits per heavy atom. The van der Waals surface area contributed by atoms with Gasteiger partial charge in [-0.3, -0.25) is 4.79 Å². The first kappa shape index (κ1) is 14.1. The summed E-state index contributed by atoms with van der Waals surface area (Å²) in [6, 6.07) is 8.59. The second-order valence-corrected chi connectivity index (χ2v) is 5.28. The largest absolute Gasteiger partial charge is 0.353 e. The molecule has 0 aliphatic rings. The predicted octanol–water partition coefficient (Wildman–Crippen LogP) is 3.14. The lowest BCUT2D eigenvalue weighted by Gasteiger charge is -2.11. The van der Waals surface area contributed by atoms with E-state index in [1.807, 2.05) is 19.1 Å². The van der Waals surface area contributed by atoms with Crippen LogP contribution in [0.15, 0.2) is 24.3 Å². The van der Waals surface area contributed by atoms with Gasteiger partial charge in [-0.25, -0.2) is 0 Å². The minimum absolute atomic E-state index is 0.137. The maximum Gasteiger partial charge on any atom is 0.230 e. The molecule has 2 nitrogen and oxygen atoms in total. The van der Waals surface area contributed by atoms with E-state index in [1.54, 1.807) is 11.8 Å². The lowest BCUT2D eigenvalue weighted by molar-refractivity contribution is -0.119. The number of aryl methyl sites for hydroxylation is 1. The average Bonchev–Trinajstić information content (AvgIpc) is 2.31. The van der Waals surface area contributed by atoms with Crippen LogP contribution in [0.3, 0.4) is 0 Å². The molecule has 1 atom stereocenters. The Balaban J connectivity index is 2.29. The summed E-state index contributed by atoms with van der Waals surface area (Å²) in [5.74, 6) is 1.58. The molecule has 0 unspecified atom stereocenters. The van der Waals surface area contributed by atoms with Gasteiger partial charge in [-0.1, -0.05) is 31.2 Å². The second-order valence-electron chi connectivity index (χ2n) is 4.30. The third kappa shape index (κ3) is 5.26. The van der Waals surface area contributed by atoms with Crippen molar-refractivity contribution in [3.63, 3.8) is 0 Å². The molecule has 1 N–H and O–H groups in total. The molecule has 0 spiro atoms. The van der Waals surface area contributed by atoms with Crippen molar-refractivity contribution in [2.75, 3.05) is 5.75 Å². The van der Waals surface area contributed by atoms with Gasteiger partial charge < -0.3 is 5.32 Å². The highest BCUT2D eigenvalue weighted by atomic mass is 32.2. The third-order valence-electron chi connectivity index (χ3n) is 2.77. The van der Waals surface area contributed by atoms with Gasteiger partial charge in [-0.15, -0.1) is 11.8 Å². The zero-order valence-electron chi connectivity index (χ0n) is 10.8. The molecule has 0 aliphatic heterocycles. The van der Waals surface area contributed by atoms with Crippen molar-refractivity contribution in [3.05, 3.63) is 35.4 Å². The molecular weight excluding hydrogens is 230 g/mol. The van der Waals surface area contributed by atoms with Gasteiger partial charge in [-0.2, -0.15) is 0 Å². The summed E-state index contributed by atoms with van der Waals surface area (Å²) in [6.45, 7) is 6.21. The molecule has 3 heteroatoms. The summed E-state index contributed by atoms with van der Waals surface area (Å²) in [7, 11) is 0. The van der Waals surface area contributed by atoms with Gasteiger partial charge in [0.1, 0.15) is 0 Å². The van der Waals surface area contributed by atoms with Gasteiger partial charge in [0.05, 0.1) is 5.75 Å². The molecular formula is C14H21NOS. The molecule has 1 rings (SSSR count). The average molecular weight is 251 g/mol. The number of rotatable bonds is 6. The lowest BCUT2D eigenvalue weighted by Crippen LogP contribution is -2.33. The van der Waals surface area contributed by atoms with E-state index < -0.39 is 0 Å². The van der Waals surface area contributed by atoms with Crippen LogP contribution in [-0.4, -0.2) is 17.7 Å². The molecule has 94 valence electrons. The maximum atomic E-state index is 11.6. The van der Waals surface area contributed by atoms with E-state index in [0.717, 1.165) is 12.2 Å². The van der Waals surface area contributed by atoms with Crippen molar-refractivity contribution < 1.29 is 4.79 Å². The minimum atomic E-state index is 0.137. The lowest BCUT2D eigenvalue weighted by atomic mass is 10.1. The van der Waals surface area contributed by atoms with Crippen molar-refractivity contribution in [2.24, 2.45) is 0 Å². The molecule has 1 aromatic carbocycles. The van der Waals surface area contributed by atoms with Crippen LogP contribution in [0.1, 0.15) is 31.4 Å². The van der Waals surface area contributed by atoms with Crippen molar-refractivity contribution in [3.8, 4) is 0 Å². The SMILES string of the molecule is CC[C@@H](C)NC(=O)CSCc1ccccc1C. The van der Waals surface area contributed by atoms with Gasteiger partial charge in [0, 0.05) is 11.8 Å². The van der Waals surface area contributed by atoms with Gasteiger partial charge in [0.15, 0.2) is 0 Å². The van der Waals surface area contributed by atoms with E-state index in [9.17, 15) is 4.79 Å². The topological polar surface area (TPSA) is 29.1 Å². The molecule has 0 fully saturated rings. The van der Waals surface area contributed by atoms with Crippen LogP contribution in [0.4, 0.5) is 0 Å². The molecule has 0 saturated heterocycles. The van der Waals surface area contributed by atoms with Crippen LogP contribution < -0.4 is 5.32 Å². The first-order valence-electron chi connectivity index (χ1n) is 6.05. The highest BCUT2D eigenvalue weighted by Crippen LogP contribution is 2.15. The van der Waals surface area contributed by atoms with E-state index >= 15 is 0 Å². The third-order valence-corrected chi connectivity index (χ3v) is 3.75. The predicted molar refractivity (Wildman–Crippen MR) is 75.2 cm³/mol. The minimum Gasteiger partial charge on any atom is -0.353 e. The Labute approximate surface area is 108 Å². The van der Waals surface area contributed by atoms with Gasteiger partial charge >= 0.3 is 0 Å². The molecule has 17 heavy (non-hydrogen) atoms. The summed E-state index contributed by atoms with van der Waals surface area (Å²) >= 11 is 1.67. The summed E-state index contributed by atoms with van der Waals surface area (Å²) in [6.07, 6.45) is 0.980. The fraction of sp³-hybridized carbons (Fsp3) is 0.500. The molecule has 0 bridgehead atoms. The van der Waals surface area contributed by atoms with Crippen molar-refractivity contribution >= 4 is 17.7 Å². The van der Waals surface area contributed by atoms with Crippen molar-refractivity contribution in [2.45, 2.75) is 39.0 Å². The van der Waals surface area contributed by atoms with E-state index in [1.165, 1.54) is 11.1 Å². The van der Waals surface area contributed by atoms with Crippen molar-refractivity contribution in [1.82, 2.24) is 5.32 Å². The van der Waals surface area contributed by atoms with Gasteiger partial charge in [0.2, 0.25) is 5.91 Å². The molecule has 1 aromatic rings. The van der Waals surface area contributed by atoms with E-state index in [2.05, 4.69) is 31.3 Å². The zero-order valence-corrected chi connectivity index (χ0v) is 11.6. The Morgan fingerprint density at radius 2 is 2.12 bits per heavy atom. The van der Waals surface area contributed by atoms with Crippen LogP contribution in [-0.2, 0) is 10.5 Å². The van der Waals surface area contributed by atoms with Gasteiger partial charge in [0.25, 0.3) is 0 Å². The highest BCUT2D eigenvalue weighted by molar-refractivity contribution is 7.99. The number of hydrogen-bond acceptors (Lipinski definition) is 2. The molecule has 0 radical (unpaired) electrons. The smallest absolute Gasteiger partial charge is 0.230 e. The summed E-state index contributed by atoms with van der Waals surface area (Å²) in [4.78, 5) is 11.6. The summed E-state index contributed by atoms with van der Waals surface area (Å²) < 4.78 is 0. The van der Waals surface area contributed by atoms with Gasteiger partial charge in [-0.05, 0) is 31.4 Å². The molecule has 0 heterocycles. The first-order chi connectivity index (χ1) is 8.13. The van der Waals surface area contributed by atoms with E-state index in [0.29, 0.717) is 5.75 Å². The Morgan fingerprint density at radius 1 is 1.41 bits per heavy atom. The second kappa shape index (κ2) is 7.38. The number of benzene rings is 1. The fourth-order valence-electron chi connectivity index (χ4n) is 1.44. The highest BCUT2D eigenvalue weighted by Gasteiger charge is 2.05. The van der Waals surface area contributed by atoms with Crippen LogP contribution >= 0.6 is 11.8 Å². The Kier molecular flexibility index (Phi) is 6.12. The molecule has 0 saturated carbocycles. The number of thioether (sulfide) groups is 1. The first-order valence-corrected chi connectivity index (χ1v) is 7.20. The van der Waals surface area contributed by atoms with Crippen LogP contribution in [0.25, 0.3) is 0 Å². The van der Waals surface area contributed by atoms with E-state index in [4.69, 9.17) is 0 Å². The maximum absolute atomic E-state index is 11.6. The van der Waals surface area contributed by atoms with Crippen LogP contribution in [0.2, 0.25) is 0 Å². The molecule has 0 aliphatic carbocycles. The Hall–Kier alpha value is -0.960. The summed E-state index contributed by atoms with van der Waals surface area (Å²) in [5.41, 5.74) is 2.61. The number of amides is 1. The zero-order chi connectivity index (χ0) is 12.7. The molecule has 1 amide bonds. The number of carbonyl (C=O) groups excluding carboxylic acids is 1. The number of hydrogen-bond donors (Lipinski definition) is 1. The van der Waals surface area contributed by atoms with E-state index in [-0.39, 0.29) is 11.9 Å². The summed E-state index contributed by atoms with van der Waals surface area (Å²) in [5, 5.41) is 2.97.